The molecule has 0 radical (unpaired) electrons. The fourth-order valence-corrected chi connectivity index (χ4v) is 1.36. The van der Waals surface area contributed by atoms with Crippen LogP contribution in [0.3, 0.4) is 0 Å². The fraction of sp³-hybridized carbons (Fsp3) is 0.500. The van der Waals surface area contributed by atoms with Crippen LogP contribution in [0.4, 0.5) is 0 Å². The summed E-state index contributed by atoms with van der Waals surface area (Å²) in [4.78, 5) is 3.92. The summed E-state index contributed by atoms with van der Waals surface area (Å²) in [7, 11) is 1.87. The Morgan fingerprint density at radius 3 is 3.18 bits per heavy atom. The topological polar surface area (TPSA) is 34.1 Å². The monoisotopic (exact) mass is 192 g/mol. The Morgan fingerprint density at radius 1 is 1.82 bits per heavy atom. The number of nitrogens with zero attached hydrogens (tertiary/aromatic N) is 1. The maximum atomic E-state index is 5.58. The number of aromatic nitrogens is 1. The Balaban J connectivity index is 2.27. The van der Waals surface area contributed by atoms with Crippen molar-refractivity contribution in [1.29, 1.82) is 0 Å². The van der Waals surface area contributed by atoms with Gasteiger partial charge in [-0.3, -0.25) is 0 Å². The Labute approximate surface area is 74.4 Å². The van der Waals surface area contributed by atoms with Gasteiger partial charge in [0.25, 0.3) is 5.19 Å². The first kappa shape index (κ1) is 8.77. The van der Waals surface area contributed by atoms with E-state index in [-0.39, 0.29) is 0 Å². The lowest BCUT2D eigenvalue weighted by atomic mass is 10.7. The van der Waals surface area contributed by atoms with Gasteiger partial charge in [0, 0.05) is 11.9 Å². The van der Waals surface area contributed by atoms with E-state index in [0.29, 0.717) is 17.0 Å². The summed E-state index contributed by atoms with van der Waals surface area (Å²) in [6.07, 6.45) is 0. The van der Waals surface area contributed by atoms with Gasteiger partial charge in [-0.05, 0) is 7.05 Å². The molecule has 1 heterocycles. The third kappa shape index (κ3) is 3.05. The van der Waals surface area contributed by atoms with Gasteiger partial charge < -0.3 is 10.1 Å². The SMILES string of the molecule is CNCCOc1nc(Cl)cs1. The molecule has 0 saturated heterocycles. The summed E-state index contributed by atoms with van der Waals surface area (Å²) >= 11 is 6.98. The third-order valence-electron chi connectivity index (χ3n) is 1.03. The summed E-state index contributed by atoms with van der Waals surface area (Å²) in [6, 6.07) is 0. The Hall–Kier alpha value is -0.320. The van der Waals surface area contributed by atoms with Gasteiger partial charge in [-0.25, -0.2) is 0 Å². The van der Waals surface area contributed by atoms with Crippen molar-refractivity contribution in [2.24, 2.45) is 0 Å². The van der Waals surface area contributed by atoms with Crippen molar-refractivity contribution in [3.05, 3.63) is 10.5 Å². The van der Waals surface area contributed by atoms with E-state index in [4.69, 9.17) is 16.3 Å². The van der Waals surface area contributed by atoms with Crippen LogP contribution in [0.25, 0.3) is 0 Å². The van der Waals surface area contributed by atoms with E-state index >= 15 is 0 Å². The zero-order valence-corrected chi connectivity index (χ0v) is 7.71. The molecule has 0 fully saturated rings. The van der Waals surface area contributed by atoms with E-state index in [0.717, 1.165) is 6.54 Å². The van der Waals surface area contributed by atoms with Crippen LogP contribution < -0.4 is 10.1 Å². The number of ether oxygens (including phenoxy) is 1. The number of rotatable bonds is 4. The molecule has 0 unspecified atom stereocenters. The number of halogens is 1. The molecule has 0 atom stereocenters. The lowest BCUT2D eigenvalue weighted by molar-refractivity contribution is 0.317. The van der Waals surface area contributed by atoms with Crippen molar-refractivity contribution in [2.75, 3.05) is 20.2 Å². The van der Waals surface area contributed by atoms with Crippen molar-refractivity contribution in [2.45, 2.75) is 0 Å². The molecular weight excluding hydrogens is 184 g/mol. The number of nitrogens with one attached hydrogen (secondary N) is 1. The van der Waals surface area contributed by atoms with E-state index in [1.54, 1.807) is 5.38 Å². The van der Waals surface area contributed by atoms with Crippen LogP contribution in [0.2, 0.25) is 5.15 Å². The molecule has 0 spiro atoms. The van der Waals surface area contributed by atoms with Crippen molar-refractivity contribution < 1.29 is 4.74 Å². The highest BCUT2D eigenvalue weighted by Gasteiger charge is 1.98. The van der Waals surface area contributed by atoms with Crippen molar-refractivity contribution in [3.63, 3.8) is 0 Å². The molecule has 5 heteroatoms. The van der Waals surface area contributed by atoms with Crippen LogP contribution >= 0.6 is 22.9 Å². The van der Waals surface area contributed by atoms with Crippen LogP contribution in [0.5, 0.6) is 5.19 Å². The largest absolute Gasteiger partial charge is 0.469 e. The fourth-order valence-electron chi connectivity index (χ4n) is 0.546. The highest BCUT2D eigenvalue weighted by molar-refractivity contribution is 7.11. The van der Waals surface area contributed by atoms with Crippen molar-refractivity contribution in [1.82, 2.24) is 10.3 Å². The molecule has 1 aromatic heterocycles. The maximum absolute atomic E-state index is 5.58. The van der Waals surface area contributed by atoms with Gasteiger partial charge in [-0.2, -0.15) is 4.98 Å². The molecule has 0 bridgehead atoms. The Kier molecular flexibility index (Phi) is 3.62. The first-order valence-corrected chi connectivity index (χ1v) is 4.47. The first-order valence-electron chi connectivity index (χ1n) is 3.21. The summed E-state index contributed by atoms with van der Waals surface area (Å²) in [5.41, 5.74) is 0. The number of hydrogen-bond donors (Lipinski definition) is 1. The molecule has 62 valence electrons. The minimum absolute atomic E-state index is 0.495. The average molecular weight is 193 g/mol. The van der Waals surface area contributed by atoms with E-state index < -0.39 is 0 Å². The summed E-state index contributed by atoms with van der Waals surface area (Å²) in [5.74, 6) is 0. The van der Waals surface area contributed by atoms with Gasteiger partial charge >= 0.3 is 0 Å². The summed E-state index contributed by atoms with van der Waals surface area (Å²) < 4.78 is 5.23. The molecule has 0 aliphatic carbocycles. The van der Waals surface area contributed by atoms with Gasteiger partial charge in [0.1, 0.15) is 11.8 Å². The highest BCUT2D eigenvalue weighted by atomic mass is 35.5. The molecule has 1 rings (SSSR count). The maximum Gasteiger partial charge on any atom is 0.274 e. The first-order chi connectivity index (χ1) is 5.33. The summed E-state index contributed by atoms with van der Waals surface area (Å²) in [6.45, 7) is 1.44. The van der Waals surface area contributed by atoms with Crippen molar-refractivity contribution >= 4 is 22.9 Å². The molecule has 1 aromatic rings. The van der Waals surface area contributed by atoms with Crippen LogP contribution in [0, 0.1) is 0 Å². The highest BCUT2D eigenvalue weighted by Crippen LogP contribution is 2.20. The number of hydrogen-bond acceptors (Lipinski definition) is 4. The van der Waals surface area contributed by atoms with Gasteiger partial charge in [0.05, 0.1) is 0 Å². The van der Waals surface area contributed by atoms with Gasteiger partial charge in [0.2, 0.25) is 0 Å². The van der Waals surface area contributed by atoms with E-state index in [2.05, 4.69) is 10.3 Å². The third-order valence-corrected chi connectivity index (χ3v) is 2.11. The standard InChI is InChI=1S/C6H9ClN2OS/c1-8-2-3-10-6-9-5(7)4-11-6/h4,8H,2-3H2,1H3. The molecular formula is C6H9ClN2OS. The van der Waals surface area contributed by atoms with E-state index in [9.17, 15) is 0 Å². The van der Waals surface area contributed by atoms with E-state index in [1.165, 1.54) is 11.3 Å². The molecule has 3 nitrogen and oxygen atoms in total. The van der Waals surface area contributed by atoms with Crippen LogP contribution in [-0.4, -0.2) is 25.2 Å². The minimum atomic E-state index is 0.495. The second-order valence-corrected chi connectivity index (χ2v) is 3.10. The smallest absolute Gasteiger partial charge is 0.274 e. The van der Waals surface area contributed by atoms with Crippen LogP contribution in [0.1, 0.15) is 0 Å². The second kappa shape index (κ2) is 4.54. The van der Waals surface area contributed by atoms with Gasteiger partial charge in [0.15, 0.2) is 0 Å². The molecule has 11 heavy (non-hydrogen) atoms. The number of likely N-dealkylation sites (N-methyl/N-ethyl adjacent to an activating group) is 1. The molecule has 0 aromatic carbocycles. The lowest BCUT2D eigenvalue weighted by Gasteiger charge is -1.99. The molecule has 0 aliphatic heterocycles. The Morgan fingerprint density at radius 2 is 2.64 bits per heavy atom. The van der Waals surface area contributed by atoms with Gasteiger partial charge in [-0.15, -0.1) is 0 Å². The van der Waals surface area contributed by atoms with Crippen LogP contribution in [-0.2, 0) is 0 Å². The summed E-state index contributed by atoms with van der Waals surface area (Å²) in [5, 5.41) is 5.83. The lowest BCUT2D eigenvalue weighted by Crippen LogP contribution is -2.15. The minimum Gasteiger partial charge on any atom is -0.469 e. The molecule has 0 saturated carbocycles. The predicted octanol–water partition coefficient (Wildman–Crippen LogP) is 1.39. The molecule has 0 amide bonds. The van der Waals surface area contributed by atoms with Gasteiger partial charge in [-0.1, -0.05) is 22.9 Å². The van der Waals surface area contributed by atoms with E-state index in [1.807, 2.05) is 7.05 Å². The van der Waals surface area contributed by atoms with Crippen LogP contribution in [0.15, 0.2) is 5.38 Å². The molecule has 0 aliphatic rings. The normalized spacial score (nSPS) is 10.0. The second-order valence-electron chi connectivity index (χ2n) is 1.89. The zero-order chi connectivity index (χ0) is 8.10. The Bertz CT molecular complexity index is 216. The zero-order valence-electron chi connectivity index (χ0n) is 6.13. The number of thiazole rings is 1. The predicted molar refractivity (Wildman–Crippen MR) is 46.5 cm³/mol. The quantitative estimate of drug-likeness (QED) is 0.733. The average Bonchev–Trinajstić information content (AvgIpc) is 2.37. The van der Waals surface area contributed by atoms with Crippen molar-refractivity contribution in [3.8, 4) is 5.19 Å². The molecule has 1 N–H and O–H groups in total.